The molecule has 1 saturated heterocycles. The van der Waals surface area contributed by atoms with Gasteiger partial charge >= 0.3 is 0 Å². The second-order valence-electron chi connectivity index (χ2n) is 9.23. The van der Waals surface area contributed by atoms with Gasteiger partial charge in [0.25, 0.3) is 6.01 Å². The van der Waals surface area contributed by atoms with Gasteiger partial charge in [0.1, 0.15) is 12.4 Å². The molecule has 2 fully saturated rings. The molecule has 0 unspecified atom stereocenters. The minimum Gasteiger partial charge on any atom is -0.461 e. The van der Waals surface area contributed by atoms with Crippen molar-refractivity contribution < 1.29 is 14.3 Å². The molecule has 1 saturated carbocycles. The Hall–Kier alpha value is -2.64. The standard InChI is InChI=1S/C24H27ClN4O3/c1-24(2,14-30)16-11-18(12-16)32-23-26-20-13-19(25)21(27-22(20)28-23)15-3-5-17(6-4-15)29-7-9-31-10-8-29/h3-6,13-14,16,18H,7-12H2,1-2H3,(H,26,27,28). The van der Waals surface area contributed by atoms with Crippen LogP contribution in [0.2, 0.25) is 5.02 Å². The fourth-order valence-electron chi connectivity index (χ4n) is 4.33. The van der Waals surface area contributed by atoms with E-state index in [0.717, 1.165) is 56.5 Å². The Morgan fingerprint density at radius 1 is 1.19 bits per heavy atom. The number of imidazole rings is 1. The molecule has 1 aliphatic carbocycles. The summed E-state index contributed by atoms with van der Waals surface area (Å²) in [4.78, 5) is 25.9. The molecule has 1 N–H and O–H groups in total. The molecule has 1 aliphatic heterocycles. The summed E-state index contributed by atoms with van der Waals surface area (Å²) in [5.74, 6) is 0.342. The molecule has 8 heteroatoms. The number of ether oxygens (including phenoxy) is 2. The van der Waals surface area contributed by atoms with Gasteiger partial charge in [0.2, 0.25) is 0 Å². The van der Waals surface area contributed by atoms with Gasteiger partial charge in [0.15, 0.2) is 5.65 Å². The normalized spacial score (nSPS) is 21.4. The molecule has 5 rings (SSSR count). The average Bonchev–Trinajstić information content (AvgIpc) is 3.17. The second kappa shape index (κ2) is 8.37. The number of hydrogen-bond acceptors (Lipinski definition) is 6. The van der Waals surface area contributed by atoms with E-state index in [1.807, 2.05) is 32.0 Å². The number of carbonyl (C=O) groups is 1. The number of H-pyrrole nitrogens is 1. The first-order chi connectivity index (χ1) is 15.4. The second-order valence-corrected chi connectivity index (χ2v) is 9.63. The van der Waals surface area contributed by atoms with E-state index in [2.05, 4.69) is 27.0 Å². The number of hydrogen-bond donors (Lipinski definition) is 1. The van der Waals surface area contributed by atoms with Crippen molar-refractivity contribution in [2.45, 2.75) is 32.8 Å². The Kier molecular flexibility index (Phi) is 5.55. The predicted molar refractivity (Wildman–Crippen MR) is 124 cm³/mol. The van der Waals surface area contributed by atoms with Gasteiger partial charge in [-0.05, 0) is 37.0 Å². The molecule has 0 radical (unpaired) electrons. The van der Waals surface area contributed by atoms with Crippen molar-refractivity contribution >= 4 is 34.7 Å². The molecule has 0 spiro atoms. The van der Waals surface area contributed by atoms with Crippen molar-refractivity contribution in [2.75, 3.05) is 31.2 Å². The van der Waals surface area contributed by atoms with E-state index in [9.17, 15) is 4.79 Å². The molecule has 1 aromatic carbocycles. The first-order valence-corrected chi connectivity index (χ1v) is 11.4. The number of benzene rings is 1. The zero-order chi connectivity index (χ0) is 22.3. The Bertz CT molecular complexity index is 1120. The van der Waals surface area contributed by atoms with Crippen molar-refractivity contribution in [3.63, 3.8) is 0 Å². The Balaban J connectivity index is 1.31. The first-order valence-electron chi connectivity index (χ1n) is 11.1. The summed E-state index contributed by atoms with van der Waals surface area (Å²) in [5.41, 5.74) is 3.80. The Labute approximate surface area is 192 Å². The number of fused-ring (bicyclic) bond motifs is 1. The highest BCUT2D eigenvalue weighted by molar-refractivity contribution is 6.33. The number of aromatic nitrogens is 3. The molecule has 7 nitrogen and oxygen atoms in total. The highest BCUT2D eigenvalue weighted by Gasteiger charge is 2.41. The minimum absolute atomic E-state index is 0.0578. The Morgan fingerprint density at radius 2 is 1.91 bits per heavy atom. The van der Waals surface area contributed by atoms with Crippen LogP contribution in [0, 0.1) is 11.3 Å². The fraction of sp³-hybridized carbons (Fsp3) is 0.458. The van der Waals surface area contributed by atoms with E-state index in [1.54, 1.807) is 0 Å². The van der Waals surface area contributed by atoms with Gasteiger partial charge in [0, 0.05) is 29.8 Å². The number of halogens is 1. The van der Waals surface area contributed by atoms with Crippen LogP contribution in [0.3, 0.4) is 0 Å². The summed E-state index contributed by atoms with van der Waals surface area (Å²) in [6, 6.07) is 10.5. The summed E-state index contributed by atoms with van der Waals surface area (Å²) in [5, 5.41) is 0.559. The van der Waals surface area contributed by atoms with Gasteiger partial charge in [0.05, 0.1) is 29.4 Å². The fourth-order valence-corrected chi connectivity index (χ4v) is 4.59. The SMILES string of the molecule is CC(C)(C=O)C1CC(Oc2nc3nc(-c4ccc(N5CCOCC5)cc4)c(Cl)cc3[nH]2)C1. The molecule has 0 amide bonds. The number of nitrogens with one attached hydrogen (secondary N) is 1. The van der Waals surface area contributed by atoms with E-state index >= 15 is 0 Å². The van der Waals surface area contributed by atoms with E-state index < -0.39 is 0 Å². The number of carbonyl (C=O) groups excluding carboxylic acids is 1. The van der Waals surface area contributed by atoms with E-state index in [1.165, 1.54) is 5.69 Å². The number of nitrogens with zero attached hydrogens (tertiary/aromatic N) is 3. The van der Waals surface area contributed by atoms with Crippen molar-refractivity contribution in [1.29, 1.82) is 0 Å². The number of rotatable bonds is 6. The monoisotopic (exact) mass is 454 g/mol. The van der Waals surface area contributed by atoms with Crippen molar-refractivity contribution in [3.8, 4) is 17.3 Å². The van der Waals surface area contributed by atoms with Crippen LogP contribution in [0.4, 0.5) is 5.69 Å². The molecule has 3 aromatic rings. The maximum Gasteiger partial charge on any atom is 0.296 e. The molecule has 2 aromatic heterocycles. The van der Waals surface area contributed by atoms with Crippen LogP contribution in [0.1, 0.15) is 26.7 Å². The molecular formula is C24H27ClN4O3. The summed E-state index contributed by atoms with van der Waals surface area (Å²) in [6.07, 6.45) is 2.79. The first kappa shape index (κ1) is 21.2. The van der Waals surface area contributed by atoms with E-state index in [0.29, 0.717) is 28.3 Å². The molecular weight excluding hydrogens is 428 g/mol. The summed E-state index contributed by atoms with van der Waals surface area (Å²) < 4.78 is 11.4. The Morgan fingerprint density at radius 3 is 2.59 bits per heavy atom. The molecule has 0 atom stereocenters. The maximum atomic E-state index is 11.2. The molecule has 32 heavy (non-hydrogen) atoms. The van der Waals surface area contributed by atoms with Crippen LogP contribution in [0.25, 0.3) is 22.4 Å². The zero-order valence-corrected chi connectivity index (χ0v) is 19.1. The highest BCUT2D eigenvalue weighted by atomic mass is 35.5. The minimum atomic E-state index is -0.310. The smallest absolute Gasteiger partial charge is 0.296 e. The summed E-state index contributed by atoms with van der Waals surface area (Å²) in [6.45, 7) is 7.26. The lowest BCUT2D eigenvalue weighted by molar-refractivity contribution is -0.121. The summed E-state index contributed by atoms with van der Waals surface area (Å²) in [7, 11) is 0. The number of aromatic amines is 1. The lowest BCUT2D eigenvalue weighted by Gasteiger charge is -2.41. The van der Waals surface area contributed by atoms with Crippen molar-refractivity contribution in [1.82, 2.24) is 15.0 Å². The molecule has 0 bridgehead atoms. The predicted octanol–water partition coefficient (Wildman–Crippen LogP) is 4.50. The van der Waals surface area contributed by atoms with Gasteiger partial charge in [-0.2, -0.15) is 4.98 Å². The average molecular weight is 455 g/mol. The van der Waals surface area contributed by atoms with Crippen LogP contribution in [0.15, 0.2) is 30.3 Å². The quantitative estimate of drug-likeness (QED) is 0.552. The van der Waals surface area contributed by atoms with Crippen LogP contribution in [0.5, 0.6) is 6.01 Å². The van der Waals surface area contributed by atoms with Gasteiger partial charge in [-0.15, -0.1) is 0 Å². The number of aldehydes is 1. The third-order valence-electron chi connectivity index (χ3n) is 6.65. The number of anilines is 1. The van der Waals surface area contributed by atoms with Crippen molar-refractivity contribution in [2.24, 2.45) is 11.3 Å². The zero-order valence-electron chi connectivity index (χ0n) is 18.3. The summed E-state index contributed by atoms with van der Waals surface area (Å²) >= 11 is 6.55. The van der Waals surface area contributed by atoms with Gasteiger partial charge < -0.3 is 24.2 Å². The number of pyridine rings is 1. The molecule has 3 heterocycles. The van der Waals surface area contributed by atoms with Crippen LogP contribution >= 0.6 is 11.6 Å². The highest BCUT2D eigenvalue weighted by Crippen LogP contribution is 2.42. The van der Waals surface area contributed by atoms with Crippen LogP contribution in [-0.2, 0) is 9.53 Å². The van der Waals surface area contributed by atoms with E-state index in [-0.39, 0.29) is 11.5 Å². The number of morpholine rings is 1. The van der Waals surface area contributed by atoms with Gasteiger partial charge in [-0.1, -0.05) is 37.6 Å². The largest absolute Gasteiger partial charge is 0.461 e. The van der Waals surface area contributed by atoms with Gasteiger partial charge in [-0.3, -0.25) is 0 Å². The molecule has 2 aliphatic rings. The molecule has 168 valence electrons. The van der Waals surface area contributed by atoms with Gasteiger partial charge in [-0.25, -0.2) is 4.98 Å². The third-order valence-corrected chi connectivity index (χ3v) is 6.94. The lowest BCUT2D eigenvalue weighted by Crippen LogP contribution is -2.42. The van der Waals surface area contributed by atoms with Crippen molar-refractivity contribution in [3.05, 3.63) is 35.4 Å². The van der Waals surface area contributed by atoms with Crippen LogP contribution < -0.4 is 9.64 Å². The maximum absolute atomic E-state index is 11.2. The van der Waals surface area contributed by atoms with Crippen LogP contribution in [-0.4, -0.2) is 53.6 Å². The third kappa shape index (κ3) is 4.07. The topological polar surface area (TPSA) is 80.3 Å². The lowest BCUT2D eigenvalue weighted by atomic mass is 9.66. The van der Waals surface area contributed by atoms with E-state index in [4.69, 9.17) is 26.1 Å².